The average Bonchev–Trinajstić information content (AvgIpc) is 3.15. The van der Waals surface area contributed by atoms with E-state index in [0.717, 1.165) is 6.07 Å². The summed E-state index contributed by atoms with van der Waals surface area (Å²) >= 11 is 0. The van der Waals surface area contributed by atoms with Gasteiger partial charge in [0.25, 0.3) is 11.5 Å². The van der Waals surface area contributed by atoms with Gasteiger partial charge in [-0.1, -0.05) is 17.3 Å². The van der Waals surface area contributed by atoms with Crippen molar-refractivity contribution in [3.8, 4) is 11.4 Å². The zero-order chi connectivity index (χ0) is 18.8. The van der Waals surface area contributed by atoms with Crippen LogP contribution in [0.3, 0.4) is 0 Å². The van der Waals surface area contributed by atoms with E-state index in [2.05, 4.69) is 20.4 Å². The summed E-state index contributed by atoms with van der Waals surface area (Å²) < 4.78 is 10.5. The van der Waals surface area contributed by atoms with Gasteiger partial charge in [-0.25, -0.2) is 0 Å². The maximum Gasteiger partial charge on any atom is 0.287 e. The Morgan fingerprint density at radius 2 is 2.00 bits per heavy atom. The Kier molecular flexibility index (Phi) is 4.09. The number of H-pyrrole nitrogens is 1. The molecule has 0 spiro atoms. The lowest BCUT2D eigenvalue weighted by atomic mass is 10.2. The number of rotatable bonds is 4. The molecule has 134 valence electrons. The van der Waals surface area contributed by atoms with Crippen molar-refractivity contribution < 1.29 is 13.7 Å². The Labute approximate surface area is 150 Å². The van der Waals surface area contributed by atoms with Crippen LogP contribution in [0.4, 0.5) is 0 Å². The molecule has 0 saturated carbocycles. The minimum atomic E-state index is -0.602. The molecule has 0 radical (unpaired) electrons. The van der Waals surface area contributed by atoms with E-state index < -0.39 is 5.91 Å². The van der Waals surface area contributed by atoms with E-state index >= 15 is 0 Å². The number of pyridine rings is 1. The number of carbonyl (C=O) groups is 1. The number of para-hydroxylation sites is 1. The molecule has 3 heterocycles. The van der Waals surface area contributed by atoms with Crippen molar-refractivity contribution in [3.05, 3.63) is 80.9 Å². The van der Waals surface area contributed by atoms with Gasteiger partial charge in [-0.2, -0.15) is 4.98 Å². The van der Waals surface area contributed by atoms with E-state index in [-0.39, 0.29) is 40.6 Å². The summed E-state index contributed by atoms with van der Waals surface area (Å²) in [5.41, 5.74) is -0.102. The molecule has 0 atom stereocenters. The summed E-state index contributed by atoms with van der Waals surface area (Å²) in [6.07, 6.45) is 1.49. The summed E-state index contributed by atoms with van der Waals surface area (Å²) in [5, 5.41) is 6.65. The molecule has 4 aromatic rings. The maximum absolute atomic E-state index is 12.3. The third-order valence-electron chi connectivity index (χ3n) is 3.79. The minimum Gasteiger partial charge on any atom is -0.451 e. The first-order valence-electron chi connectivity index (χ1n) is 7.93. The third kappa shape index (κ3) is 3.25. The molecular formula is C18H12N4O5. The fourth-order valence-electron chi connectivity index (χ4n) is 2.49. The lowest BCUT2D eigenvalue weighted by Crippen LogP contribution is -2.24. The van der Waals surface area contributed by atoms with Crippen molar-refractivity contribution in [2.24, 2.45) is 0 Å². The summed E-state index contributed by atoms with van der Waals surface area (Å²) in [5.74, 6) is -0.517. The van der Waals surface area contributed by atoms with Crippen molar-refractivity contribution in [3.63, 3.8) is 0 Å². The number of benzene rings is 1. The highest BCUT2D eigenvalue weighted by Crippen LogP contribution is 2.12. The highest BCUT2D eigenvalue weighted by Gasteiger charge is 2.15. The molecule has 0 aliphatic heterocycles. The van der Waals surface area contributed by atoms with Crippen LogP contribution in [0.25, 0.3) is 22.4 Å². The molecule has 4 rings (SSSR count). The molecule has 0 aliphatic carbocycles. The van der Waals surface area contributed by atoms with Crippen LogP contribution in [0.5, 0.6) is 0 Å². The molecule has 0 fully saturated rings. The highest BCUT2D eigenvalue weighted by atomic mass is 16.5. The molecule has 0 aliphatic rings. The van der Waals surface area contributed by atoms with Crippen molar-refractivity contribution in [1.29, 1.82) is 0 Å². The van der Waals surface area contributed by atoms with Crippen LogP contribution in [0.2, 0.25) is 0 Å². The van der Waals surface area contributed by atoms with E-state index in [9.17, 15) is 14.4 Å². The topological polar surface area (TPSA) is 131 Å². The normalized spacial score (nSPS) is 10.8. The van der Waals surface area contributed by atoms with Crippen LogP contribution in [-0.4, -0.2) is 21.0 Å². The van der Waals surface area contributed by atoms with E-state index in [1.165, 1.54) is 6.20 Å². The summed E-state index contributed by atoms with van der Waals surface area (Å²) in [6.45, 7) is -0.0902. The summed E-state index contributed by atoms with van der Waals surface area (Å²) in [7, 11) is 0. The molecule has 9 heteroatoms. The molecule has 1 aromatic carbocycles. The second kappa shape index (κ2) is 6.71. The number of nitrogens with one attached hydrogen (secondary N) is 2. The Morgan fingerprint density at radius 1 is 1.15 bits per heavy atom. The first kappa shape index (κ1) is 16.5. The SMILES string of the molecule is O=C(NCc1nc(-c2ccc[nH]c2=O)no1)c1cc(=O)c2ccccc2o1. The van der Waals surface area contributed by atoms with Gasteiger partial charge in [0.2, 0.25) is 11.7 Å². The van der Waals surface area contributed by atoms with Crippen LogP contribution < -0.4 is 16.3 Å². The van der Waals surface area contributed by atoms with E-state index in [0.29, 0.717) is 11.0 Å². The Bertz CT molecular complexity index is 1250. The van der Waals surface area contributed by atoms with Gasteiger partial charge in [-0.3, -0.25) is 14.4 Å². The molecule has 0 bridgehead atoms. The van der Waals surface area contributed by atoms with Gasteiger partial charge in [0.1, 0.15) is 5.58 Å². The maximum atomic E-state index is 12.3. The van der Waals surface area contributed by atoms with Crippen LogP contribution in [0.1, 0.15) is 16.4 Å². The number of fused-ring (bicyclic) bond motifs is 1. The predicted molar refractivity (Wildman–Crippen MR) is 94.0 cm³/mol. The number of amides is 1. The molecule has 3 aromatic heterocycles. The Hall–Kier alpha value is -4.01. The van der Waals surface area contributed by atoms with Gasteiger partial charge in [0.15, 0.2) is 11.2 Å². The van der Waals surface area contributed by atoms with Gasteiger partial charge < -0.3 is 19.2 Å². The molecule has 0 unspecified atom stereocenters. The van der Waals surface area contributed by atoms with Crippen LogP contribution in [-0.2, 0) is 6.54 Å². The second-order valence-electron chi connectivity index (χ2n) is 5.58. The summed E-state index contributed by atoms with van der Waals surface area (Å²) in [6, 6.07) is 11.0. The van der Waals surface area contributed by atoms with Gasteiger partial charge in [0, 0.05) is 12.3 Å². The largest absolute Gasteiger partial charge is 0.451 e. The van der Waals surface area contributed by atoms with E-state index in [4.69, 9.17) is 8.94 Å². The Balaban J connectivity index is 1.51. The van der Waals surface area contributed by atoms with Crippen molar-refractivity contribution in [1.82, 2.24) is 20.4 Å². The van der Waals surface area contributed by atoms with Crippen molar-refractivity contribution >= 4 is 16.9 Å². The fraction of sp³-hybridized carbons (Fsp3) is 0.0556. The first-order chi connectivity index (χ1) is 13.1. The van der Waals surface area contributed by atoms with E-state index in [1.54, 1.807) is 36.4 Å². The standard InChI is InChI=1S/C18H12N4O5/c23-12-8-14(26-13-6-2-1-4-10(12)13)18(25)20-9-15-21-16(22-27-15)11-5-3-7-19-17(11)24/h1-8H,9H2,(H,19,24)(H,20,25). The molecule has 9 nitrogen and oxygen atoms in total. The second-order valence-corrected chi connectivity index (χ2v) is 5.58. The number of nitrogens with zero attached hydrogens (tertiary/aromatic N) is 2. The molecule has 27 heavy (non-hydrogen) atoms. The van der Waals surface area contributed by atoms with Gasteiger partial charge in [0.05, 0.1) is 17.5 Å². The molecule has 1 amide bonds. The van der Waals surface area contributed by atoms with Gasteiger partial charge in [-0.15, -0.1) is 0 Å². The molecule has 2 N–H and O–H groups in total. The van der Waals surface area contributed by atoms with Gasteiger partial charge >= 0.3 is 0 Å². The van der Waals surface area contributed by atoms with Gasteiger partial charge in [-0.05, 0) is 24.3 Å². The quantitative estimate of drug-likeness (QED) is 0.560. The number of aromatic nitrogens is 3. The minimum absolute atomic E-state index is 0.0902. The zero-order valence-electron chi connectivity index (χ0n) is 13.8. The van der Waals surface area contributed by atoms with Crippen LogP contribution >= 0.6 is 0 Å². The summed E-state index contributed by atoms with van der Waals surface area (Å²) in [4.78, 5) is 42.6. The lowest BCUT2D eigenvalue weighted by Gasteiger charge is -2.03. The van der Waals surface area contributed by atoms with Crippen molar-refractivity contribution in [2.45, 2.75) is 6.54 Å². The lowest BCUT2D eigenvalue weighted by molar-refractivity contribution is 0.0919. The number of aromatic amines is 1. The number of hydrogen-bond acceptors (Lipinski definition) is 7. The van der Waals surface area contributed by atoms with Crippen molar-refractivity contribution in [2.75, 3.05) is 0 Å². The predicted octanol–water partition coefficient (Wildman–Crippen LogP) is 1.46. The smallest absolute Gasteiger partial charge is 0.287 e. The first-order valence-corrected chi connectivity index (χ1v) is 7.93. The monoisotopic (exact) mass is 364 g/mol. The average molecular weight is 364 g/mol. The molecular weight excluding hydrogens is 352 g/mol. The third-order valence-corrected chi connectivity index (χ3v) is 3.79. The molecule has 0 saturated heterocycles. The Morgan fingerprint density at radius 3 is 2.85 bits per heavy atom. The number of carbonyl (C=O) groups excluding carboxylic acids is 1. The van der Waals surface area contributed by atoms with Crippen LogP contribution in [0.15, 0.2) is 67.2 Å². The fourth-order valence-corrected chi connectivity index (χ4v) is 2.49. The highest BCUT2D eigenvalue weighted by molar-refractivity contribution is 5.93. The van der Waals surface area contributed by atoms with Crippen LogP contribution in [0, 0.1) is 0 Å². The van der Waals surface area contributed by atoms with E-state index in [1.807, 2.05) is 0 Å². The zero-order valence-corrected chi connectivity index (χ0v) is 13.8. The number of hydrogen-bond donors (Lipinski definition) is 2.